The molecular formula is C33H45F2N3. The van der Waals surface area contributed by atoms with E-state index in [0.717, 1.165) is 57.4 Å². The van der Waals surface area contributed by atoms with E-state index in [9.17, 15) is 8.78 Å². The lowest BCUT2D eigenvalue weighted by molar-refractivity contribution is -0.0262. The average Bonchev–Trinajstić information content (AvgIpc) is 2.87. The molecule has 1 atom stereocenters. The second kappa shape index (κ2) is 11.5. The first-order valence-electron chi connectivity index (χ1n) is 14.1. The molecule has 1 heterocycles. The number of aryl methyl sites for hydroxylation is 1. The van der Waals surface area contributed by atoms with Gasteiger partial charge in [0.05, 0.1) is 5.92 Å². The number of rotatable bonds is 11. The minimum absolute atomic E-state index is 0.391. The number of benzene rings is 2. The maximum Gasteiger partial charge on any atom is 0.257 e. The van der Waals surface area contributed by atoms with Gasteiger partial charge in [-0.3, -0.25) is 0 Å². The summed E-state index contributed by atoms with van der Waals surface area (Å²) in [7, 11) is 4.06. The Labute approximate surface area is 228 Å². The van der Waals surface area contributed by atoms with Gasteiger partial charge in [0.15, 0.2) is 0 Å². The van der Waals surface area contributed by atoms with E-state index >= 15 is 0 Å². The summed E-state index contributed by atoms with van der Waals surface area (Å²) in [6.45, 7) is 14.2. The summed E-state index contributed by atoms with van der Waals surface area (Å²) in [6, 6.07) is 15.7. The largest absolute Gasteiger partial charge is 0.385 e. The van der Waals surface area contributed by atoms with Crippen LogP contribution >= 0.6 is 0 Å². The lowest BCUT2D eigenvalue weighted by atomic mass is 9.57. The van der Waals surface area contributed by atoms with E-state index in [-0.39, 0.29) is 0 Å². The number of hydrogen-bond donors (Lipinski definition) is 1. The molecule has 1 N–H and O–H groups in total. The molecule has 1 saturated carbocycles. The summed E-state index contributed by atoms with van der Waals surface area (Å²) < 4.78 is 29.3. The minimum Gasteiger partial charge on any atom is -0.385 e. The maximum atomic E-state index is 14.6. The fraction of sp³-hybridized carbons (Fsp3) is 0.515. The van der Waals surface area contributed by atoms with Crippen LogP contribution in [0.25, 0.3) is 5.70 Å². The maximum absolute atomic E-state index is 14.6. The van der Waals surface area contributed by atoms with Crippen LogP contribution in [0.2, 0.25) is 0 Å². The lowest BCUT2D eigenvalue weighted by Gasteiger charge is -2.53. The van der Waals surface area contributed by atoms with Crippen LogP contribution in [0, 0.1) is 11.3 Å². The highest BCUT2D eigenvalue weighted by molar-refractivity contribution is 5.67. The van der Waals surface area contributed by atoms with Gasteiger partial charge in [-0.15, -0.1) is 0 Å². The highest BCUT2D eigenvalue weighted by Crippen LogP contribution is 2.54. The zero-order valence-electron chi connectivity index (χ0n) is 23.7. The molecule has 1 aliphatic heterocycles. The van der Waals surface area contributed by atoms with Crippen molar-refractivity contribution in [2.75, 3.05) is 39.0 Å². The van der Waals surface area contributed by atoms with Gasteiger partial charge >= 0.3 is 0 Å². The predicted octanol–water partition coefficient (Wildman–Crippen LogP) is 8.03. The van der Waals surface area contributed by atoms with Gasteiger partial charge in [0.1, 0.15) is 0 Å². The van der Waals surface area contributed by atoms with Crippen LogP contribution in [-0.2, 0) is 6.42 Å². The van der Waals surface area contributed by atoms with E-state index in [1.165, 1.54) is 36.1 Å². The number of piperidine rings is 1. The summed E-state index contributed by atoms with van der Waals surface area (Å²) in [4.78, 5) is 4.18. The van der Waals surface area contributed by atoms with Gasteiger partial charge in [0, 0.05) is 63.3 Å². The van der Waals surface area contributed by atoms with Crippen LogP contribution < -0.4 is 5.32 Å². The van der Waals surface area contributed by atoms with Crippen LogP contribution in [0.5, 0.6) is 0 Å². The molecule has 3 nitrogen and oxygen atoms in total. The van der Waals surface area contributed by atoms with Gasteiger partial charge in [-0.05, 0) is 73.1 Å². The summed E-state index contributed by atoms with van der Waals surface area (Å²) >= 11 is 0. The molecular weight excluding hydrogens is 476 g/mol. The van der Waals surface area contributed by atoms with Gasteiger partial charge in [0.2, 0.25) is 0 Å². The smallest absolute Gasteiger partial charge is 0.257 e. The van der Waals surface area contributed by atoms with Crippen molar-refractivity contribution in [1.82, 2.24) is 9.80 Å². The summed E-state index contributed by atoms with van der Waals surface area (Å²) in [5.41, 5.74) is 6.36. The van der Waals surface area contributed by atoms with E-state index < -0.39 is 11.8 Å². The molecule has 1 unspecified atom stereocenters. The molecule has 1 spiro atoms. The molecule has 2 fully saturated rings. The molecule has 5 heteroatoms. The monoisotopic (exact) mass is 521 g/mol. The first-order valence-corrected chi connectivity index (χ1v) is 14.1. The second-order valence-electron chi connectivity index (χ2n) is 11.8. The van der Waals surface area contributed by atoms with E-state index in [1.54, 1.807) is 12.1 Å². The summed E-state index contributed by atoms with van der Waals surface area (Å²) in [5, 5.41) is 3.64. The minimum atomic E-state index is -2.85. The normalized spacial score (nSPS) is 18.1. The van der Waals surface area contributed by atoms with Gasteiger partial charge in [-0.2, -0.15) is 0 Å². The second-order valence-corrected chi connectivity index (χ2v) is 11.8. The van der Waals surface area contributed by atoms with Crippen molar-refractivity contribution in [3.05, 3.63) is 84.1 Å². The van der Waals surface area contributed by atoms with Gasteiger partial charge in [-0.25, -0.2) is 8.78 Å². The molecule has 2 aromatic rings. The number of likely N-dealkylation sites (tertiary alicyclic amines) is 1. The van der Waals surface area contributed by atoms with Gasteiger partial charge < -0.3 is 15.1 Å². The summed E-state index contributed by atoms with van der Waals surface area (Å²) in [5.74, 6) is -3.07. The highest BCUT2D eigenvalue weighted by atomic mass is 19.3. The van der Waals surface area contributed by atoms with E-state index in [4.69, 9.17) is 0 Å². The molecule has 1 aliphatic carbocycles. The standard InChI is InChI=1S/C33H45F2N3/c1-7-27-21-29(13-14-30(27)24(2)37(5)6)36-18-15-26-22-33(23-26)16-19-38(20-17-33)25(3)31(32(4,34)35)28-11-9-8-10-12-28/h8-14,21,26,31,36H,2-3,7,15-20,22-23H2,1,4-6H3. The number of nitrogens with zero attached hydrogens (tertiary/aromatic N) is 2. The molecule has 4 rings (SSSR count). The zero-order chi connectivity index (χ0) is 27.5. The van der Waals surface area contributed by atoms with Crippen molar-refractivity contribution < 1.29 is 8.78 Å². The third-order valence-corrected chi connectivity index (χ3v) is 8.87. The Morgan fingerprint density at radius 3 is 2.34 bits per heavy atom. The Balaban J connectivity index is 1.24. The molecule has 0 amide bonds. The van der Waals surface area contributed by atoms with Crippen molar-refractivity contribution in [1.29, 1.82) is 0 Å². The Morgan fingerprint density at radius 1 is 1.11 bits per heavy atom. The topological polar surface area (TPSA) is 18.5 Å². The fourth-order valence-corrected chi connectivity index (χ4v) is 6.59. The number of hydrogen-bond acceptors (Lipinski definition) is 3. The molecule has 2 aliphatic rings. The third kappa shape index (κ3) is 6.24. The predicted molar refractivity (Wildman–Crippen MR) is 157 cm³/mol. The van der Waals surface area contributed by atoms with Crippen LogP contribution in [0.3, 0.4) is 0 Å². The Kier molecular flexibility index (Phi) is 8.54. The van der Waals surface area contributed by atoms with Gasteiger partial charge in [-0.1, -0.05) is 56.5 Å². The Morgan fingerprint density at radius 2 is 1.76 bits per heavy atom. The van der Waals surface area contributed by atoms with Crippen LogP contribution in [0.1, 0.15) is 68.6 Å². The molecule has 0 bridgehead atoms. The van der Waals surface area contributed by atoms with Crippen molar-refractivity contribution in [3.63, 3.8) is 0 Å². The number of anilines is 1. The van der Waals surface area contributed by atoms with Crippen molar-refractivity contribution >= 4 is 11.4 Å². The van der Waals surface area contributed by atoms with Crippen LogP contribution in [0.15, 0.2) is 67.4 Å². The first kappa shape index (κ1) is 28.2. The van der Waals surface area contributed by atoms with E-state index in [1.807, 2.05) is 32.3 Å². The number of alkyl halides is 2. The average molecular weight is 522 g/mol. The van der Waals surface area contributed by atoms with Crippen molar-refractivity contribution in [2.45, 2.75) is 64.2 Å². The van der Waals surface area contributed by atoms with Crippen LogP contribution in [-0.4, -0.2) is 49.5 Å². The number of halogens is 2. The quantitative estimate of drug-likeness (QED) is 0.323. The Hall–Kier alpha value is -2.82. The molecule has 206 valence electrons. The first-order chi connectivity index (χ1) is 18.0. The molecule has 0 radical (unpaired) electrons. The number of nitrogens with one attached hydrogen (secondary N) is 1. The fourth-order valence-electron chi connectivity index (χ4n) is 6.59. The number of allylic oxidation sites excluding steroid dienone is 1. The Bertz CT molecular complexity index is 1100. The van der Waals surface area contributed by atoms with Crippen molar-refractivity contribution in [3.8, 4) is 0 Å². The summed E-state index contributed by atoms with van der Waals surface area (Å²) in [6.07, 6.45) is 6.80. The van der Waals surface area contributed by atoms with Crippen molar-refractivity contribution in [2.24, 2.45) is 11.3 Å². The molecule has 0 aromatic heterocycles. The molecule has 1 saturated heterocycles. The third-order valence-electron chi connectivity index (χ3n) is 8.87. The SMILES string of the molecule is C=C(c1ccc(NCCC2CC3(CCN(C(=C)C(c4ccccc4)C(C)(F)F)CC3)C2)cc1CC)N(C)C. The van der Waals surface area contributed by atoms with Crippen LogP contribution in [0.4, 0.5) is 14.5 Å². The van der Waals surface area contributed by atoms with E-state index in [2.05, 4.69) is 53.4 Å². The molecule has 2 aromatic carbocycles. The van der Waals surface area contributed by atoms with Gasteiger partial charge in [0.25, 0.3) is 5.92 Å². The lowest BCUT2D eigenvalue weighted by Crippen LogP contribution is -2.48. The highest BCUT2D eigenvalue weighted by Gasteiger charge is 2.47. The van der Waals surface area contributed by atoms with E-state index in [0.29, 0.717) is 16.7 Å². The molecule has 38 heavy (non-hydrogen) atoms. The zero-order valence-corrected chi connectivity index (χ0v) is 23.7.